The Balaban J connectivity index is 1.55. The SMILES string of the molecule is CC(CNc1ccc(C(F)(F)F)nn1)N1CCc2ccccc2C1. The van der Waals surface area contributed by atoms with Crippen LogP contribution in [0.3, 0.4) is 0 Å². The molecule has 1 atom stereocenters. The maximum absolute atomic E-state index is 12.5. The lowest BCUT2D eigenvalue weighted by molar-refractivity contribution is -0.141. The van der Waals surface area contributed by atoms with Crippen molar-refractivity contribution in [1.82, 2.24) is 15.1 Å². The number of benzene rings is 1. The van der Waals surface area contributed by atoms with E-state index in [0.29, 0.717) is 12.4 Å². The van der Waals surface area contributed by atoms with Crippen LogP contribution in [-0.4, -0.2) is 34.2 Å². The molecule has 0 aliphatic carbocycles. The molecule has 1 N–H and O–H groups in total. The predicted molar refractivity (Wildman–Crippen MR) is 85.5 cm³/mol. The van der Waals surface area contributed by atoms with Crippen LogP contribution in [0.4, 0.5) is 19.0 Å². The van der Waals surface area contributed by atoms with Crippen LogP contribution in [0.5, 0.6) is 0 Å². The summed E-state index contributed by atoms with van der Waals surface area (Å²) >= 11 is 0. The largest absolute Gasteiger partial charge is 0.435 e. The highest BCUT2D eigenvalue weighted by Gasteiger charge is 2.32. The van der Waals surface area contributed by atoms with Crippen molar-refractivity contribution in [3.05, 3.63) is 53.2 Å². The molecule has 3 rings (SSSR count). The first-order valence-electron chi connectivity index (χ1n) is 7.89. The Morgan fingerprint density at radius 1 is 1.12 bits per heavy atom. The Kier molecular flexibility index (Phi) is 4.71. The third-order valence-electron chi connectivity index (χ3n) is 4.32. The number of hydrogen-bond donors (Lipinski definition) is 1. The molecule has 24 heavy (non-hydrogen) atoms. The molecule has 0 spiro atoms. The van der Waals surface area contributed by atoms with Gasteiger partial charge >= 0.3 is 6.18 Å². The van der Waals surface area contributed by atoms with Crippen LogP contribution in [0, 0.1) is 0 Å². The highest BCUT2D eigenvalue weighted by Crippen LogP contribution is 2.27. The number of anilines is 1. The summed E-state index contributed by atoms with van der Waals surface area (Å²) < 4.78 is 37.4. The monoisotopic (exact) mass is 336 g/mol. The molecule has 0 fully saturated rings. The number of hydrogen-bond acceptors (Lipinski definition) is 4. The minimum atomic E-state index is -4.46. The number of aromatic nitrogens is 2. The summed E-state index contributed by atoms with van der Waals surface area (Å²) in [6, 6.07) is 10.9. The van der Waals surface area contributed by atoms with Crippen molar-refractivity contribution < 1.29 is 13.2 Å². The fourth-order valence-electron chi connectivity index (χ4n) is 2.85. The van der Waals surface area contributed by atoms with E-state index >= 15 is 0 Å². The number of nitrogens with one attached hydrogen (secondary N) is 1. The number of alkyl halides is 3. The zero-order valence-corrected chi connectivity index (χ0v) is 13.3. The third kappa shape index (κ3) is 3.84. The molecule has 1 aliphatic rings. The molecule has 0 bridgehead atoms. The van der Waals surface area contributed by atoms with E-state index in [1.54, 1.807) is 0 Å². The second kappa shape index (κ2) is 6.76. The van der Waals surface area contributed by atoms with Crippen molar-refractivity contribution in [2.24, 2.45) is 0 Å². The Morgan fingerprint density at radius 2 is 1.88 bits per heavy atom. The molecule has 4 nitrogen and oxygen atoms in total. The fraction of sp³-hybridized carbons (Fsp3) is 0.412. The van der Waals surface area contributed by atoms with E-state index in [9.17, 15) is 13.2 Å². The summed E-state index contributed by atoms with van der Waals surface area (Å²) in [6.07, 6.45) is -3.44. The van der Waals surface area contributed by atoms with E-state index in [1.807, 2.05) is 6.07 Å². The lowest BCUT2D eigenvalue weighted by Gasteiger charge is -2.33. The van der Waals surface area contributed by atoms with E-state index in [2.05, 4.69) is 45.5 Å². The molecule has 0 saturated carbocycles. The van der Waals surface area contributed by atoms with E-state index in [1.165, 1.54) is 17.2 Å². The normalized spacial score (nSPS) is 16.5. The van der Waals surface area contributed by atoms with E-state index in [-0.39, 0.29) is 6.04 Å². The molecule has 0 radical (unpaired) electrons. The van der Waals surface area contributed by atoms with Gasteiger partial charge in [-0.3, -0.25) is 4.90 Å². The maximum atomic E-state index is 12.5. The van der Waals surface area contributed by atoms with Crippen LogP contribution in [0.25, 0.3) is 0 Å². The summed E-state index contributed by atoms with van der Waals surface area (Å²) in [5.74, 6) is 0.354. The van der Waals surface area contributed by atoms with Crippen molar-refractivity contribution in [2.45, 2.75) is 32.1 Å². The van der Waals surface area contributed by atoms with Gasteiger partial charge in [-0.2, -0.15) is 13.2 Å². The molecule has 2 aromatic rings. The van der Waals surface area contributed by atoms with Gasteiger partial charge in [0.05, 0.1) is 0 Å². The van der Waals surface area contributed by atoms with Gasteiger partial charge in [-0.15, -0.1) is 10.2 Å². The van der Waals surface area contributed by atoms with Gasteiger partial charge in [-0.25, -0.2) is 0 Å². The first-order valence-corrected chi connectivity index (χ1v) is 7.89. The molecule has 1 unspecified atom stereocenters. The zero-order valence-electron chi connectivity index (χ0n) is 13.3. The molecule has 1 aromatic heterocycles. The zero-order chi connectivity index (χ0) is 17.2. The summed E-state index contributed by atoms with van der Waals surface area (Å²) in [6.45, 7) is 4.55. The molecule has 1 aliphatic heterocycles. The minimum absolute atomic E-state index is 0.238. The summed E-state index contributed by atoms with van der Waals surface area (Å²) in [5, 5.41) is 9.88. The molecule has 0 saturated heterocycles. The first kappa shape index (κ1) is 16.7. The molecule has 2 heterocycles. The van der Waals surface area contributed by atoms with Crippen molar-refractivity contribution in [3.63, 3.8) is 0 Å². The lowest BCUT2D eigenvalue weighted by Crippen LogP contribution is -2.41. The number of nitrogens with zero attached hydrogens (tertiary/aromatic N) is 3. The smallest absolute Gasteiger partial charge is 0.367 e. The van der Waals surface area contributed by atoms with Gasteiger partial charge in [0.1, 0.15) is 5.82 Å². The number of rotatable bonds is 4. The van der Waals surface area contributed by atoms with Crippen LogP contribution in [-0.2, 0) is 19.1 Å². The molecule has 128 valence electrons. The quantitative estimate of drug-likeness (QED) is 0.930. The summed E-state index contributed by atoms with van der Waals surface area (Å²) in [5.41, 5.74) is 1.75. The van der Waals surface area contributed by atoms with Gasteiger partial charge in [0, 0.05) is 25.7 Å². The minimum Gasteiger partial charge on any atom is -0.367 e. The Morgan fingerprint density at radius 3 is 2.54 bits per heavy atom. The third-order valence-corrected chi connectivity index (χ3v) is 4.32. The lowest BCUT2D eigenvalue weighted by atomic mass is 9.99. The van der Waals surface area contributed by atoms with E-state index in [0.717, 1.165) is 25.6 Å². The van der Waals surface area contributed by atoms with Gasteiger partial charge in [0.2, 0.25) is 0 Å². The van der Waals surface area contributed by atoms with Crippen LogP contribution in [0.2, 0.25) is 0 Å². The average molecular weight is 336 g/mol. The molecular formula is C17H19F3N4. The standard InChI is InChI=1S/C17H19F3N4/c1-12(24-9-8-13-4-2-3-5-14(13)11-24)10-21-16-7-6-15(22-23-16)17(18,19)20/h2-7,12H,8-11H2,1H3,(H,21,23). The van der Waals surface area contributed by atoms with Crippen LogP contribution < -0.4 is 5.32 Å². The highest BCUT2D eigenvalue weighted by molar-refractivity contribution is 5.34. The second-order valence-corrected chi connectivity index (χ2v) is 6.02. The number of fused-ring (bicyclic) bond motifs is 1. The highest BCUT2D eigenvalue weighted by atomic mass is 19.4. The average Bonchev–Trinajstić information content (AvgIpc) is 2.59. The van der Waals surface area contributed by atoms with Crippen LogP contribution >= 0.6 is 0 Å². The van der Waals surface area contributed by atoms with Crippen molar-refractivity contribution in [2.75, 3.05) is 18.4 Å². The Hall–Kier alpha value is -2.15. The Labute approximate surface area is 138 Å². The molecule has 7 heteroatoms. The van der Waals surface area contributed by atoms with Gasteiger partial charge in [0.25, 0.3) is 0 Å². The van der Waals surface area contributed by atoms with Gasteiger partial charge < -0.3 is 5.32 Å². The van der Waals surface area contributed by atoms with Gasteiger partial charge in [-0.05, 0) is 36.6 Å². The number of halogens is 3. The van der Waals surface area contributed by atoms with E-state index in [4.69, 9.17) is 0 Å². The maximum Gasteiger partial charge on any atom is 0.435 e. The first-order chi connectivity index (χ1) is 11.4. The topological polar surface area (TPSA) is 41.1 Å². The van der Waals surface area contributed by atoms with Crippen LogP contribution in [0.1, 0.15) is 23.7 Å². The fourth-order valence-corrected chi connectivity index (χ4v) is 2.85. The Bertz CT molecular complexity index is 685. The summed E-state index contributed by atoms with van der Waals surface area (Å²) in [4.78, 5) is 2.35. The van der Waals surface area contributed by atoms with E-state index < -0.39 is 11.9 Å². The summed E-state index contributed by atoms with van der Waals surface area (Å²) in [7, 11) is 0. The van der Waals surface area contributed by atoms with Gasteiger partial charge in [0.15, 0.2) is 5.69 Å². The second-order valence-electron chi connectivity index (χ2n) is 6.02. The van der Waals surface area contributed by atoms with Gasteiger partial charge in [-0.1, -0.05) is 24.3 Å². The van der Waals surface area contributed by atoms with Crippen molar-refractivity contribution >= 4 is 5.82 Å². The molecule has 0 amide bonds. The predicted octanol–water partition coefficient (Wildman–Crippen LogP) is 3.35. The van der Waals surface area contributed by atoms with Crippen molar-refractivity contribution in [1.29, 1.82) is 0 Å². The van der Waals surface area contributed by atoms with Crippen molar-refractivity contribution in [3.8, 4) is 0 Å². The molecular weight excluding hydrogens is 317 g/mol. The van der Waals surface area contributed by atoms with Crippen LogP contribution in [0.15, 0.2) is 36.4 Å². The molecule has 1 aromatic carbocycles.